The Morgan fingerprint density at radius 3 is 1.70 bits per heavy atom. The van der Waals surface area contributed by atoms with E-state index >= 15 is 4.79 Å². The first-order valence-electron chi connectivity index (χ1n) is 30.8. The van der Waals surface area contributed by atoms with Gasteiger partial charge in [0.05, 0.1) is 50.7 Å². The molecule has 5 heterocycles. The van der Waals surface area contributed by atoms with Crippen LogP contribution < -0.4 is 0 Å². The molecule has 27 heteroatoms. The molecule has 0 aromatic rings. The van der Waals surface area contributed by atoms with E-state index in [4.69, 9.17) is 47.4 Å². The van der Waals surface area contributed by atoms with E-state index in [-0.39, 0.29) is 47.2 Å². The predicted octanol–water partition coefficient (Wildman–Crippen LogP) is -3.57. The van der Waals surface area contributed by atoms with Crippen LogP contribution in [0, 0.1) is 50.2 Å². The molecular weight excluding hydrogens is 1140 g/mol. The molecule has 0 radical (unpaired) electrons. The lowest BCUT2D eigenvalue weighted by Crippen LogP contribution is -2.67. The van der Waals surface area contributed by atoms with Crippen molar-refractivity contribution < 1.29 is 134 Å². The van der Waals surface area contributed by atoms with E-state index in [1.807, 2.05) is 6.92 Å². The molecule has 5 aliphatic heterocycles. The fraction of sp³-hybridized carbons (Fsp3) is 0.949. The zero-order valence-corrected chi connectivity index (χ0v) is 50.0. The molecule has 16 N–H and O–H groups in total. The summed E-state index contributed by atoms with van der Waals surface area (Å²) in [5.41, 5.74) is -1.90. The van der Waals surface area contributed by atoms with Gasteiger partial charge in [-0.2, -0.15) is 0 Å². The molecule has 5 saturated heterocycles. The third-order valence-corrected chi connectivity index (χ3v) is 23.3. The Labute approximate surface area is 499 Å². The number of ether oxygens (including phenoxy) is 10. The number of aliphatic hydroxyl groups excluding tert-OH is 16. The van der Waals surface area contributed by atoms with E-state index in [2.05, 4.69) is 40.7 Å². The van der Waals surface area contributed by atoms with Crippen molar-refractivity contribution in [3.63, 3.8) is 0 Å². The highest BCUT2D eigenvalue weighted by molar-refractivity contribution is 5.79. The molecular formula is C59H96O27. The molecule has 0 spiro atoms. The molecule has 0 bridgehead atoms. The van der Waals surface area contributed by atoms with Gasteiger partial charge in [0.25, 0.3) is 0 Å². The fourth-order valence-corrected chi connectivity index (χ4v) is 17.7. The molecule has 0 aromatic heterocycles. The van der Waals surface area contributed by atoms with Crippen molar-refractivity contribution in [3.05, 3.63) is 11.6 Å². The van der Waals surface area contributed by atoms with Gasteiger partial charge in [-0.25, -0.2) is 0 Å². The van der Waals surface area contributed by atoms with Gasteiger partial charge in [0.1, 0.15) is 110 Å². The maximum atomic E-state index is 15.1. The minimum absolute atomic E-state index is 0.0777. The lowest BCUT2D eigenvalue weighted by atomic mass is 9.33. The van der Waals surface area contributed by atoms with Gasteiger partial charge in [-0.05, 0) is 111 Å². The monoisotopic (exact) mass is 1240 g/mol. The Morgan fingerprint density at radius 2 is 1.09 bits per heavy atom. The smallest absolute Gasteiger partial charge is 0.315 e. The highest BCUT2D eigenvalue weighted by Crippen LogP contribution is 2.76. The van der Waals surface area contributed by atoms with Crippen LogP contribution in [-0.2, 0) is 52.2 Å². The van der Waals surface area contributed by atoms with Crippen molar-refractivity contribution in [2.45, 2.75) is 266 Å². The lowest BCUT2D eigenvalue weighted by molar-refractivity contribution is -0.373. The van der Waals surface area contributed by atoms with E-state index in [0.717, 1.165) is 6.42 Å². The van der Waals surface area contributed by atoms with Crippen LogP contribution in [0.15, 0.2) is 11.6 Å². The summed E-state index contributed by atoms with van der Waals surface area (Å²) in [5, 5.41) is 172. The van der Waals surface area contributed by atoms with Gasteiger partial charge in [-0.1, -0.05) is 53.2 Å². The van der Waals surface area contributed by atoms with Crippen LogP contribution in [0.2, 0.25) is 0 Å². The molecule has 10 rings (SSSR count). The molecule has 0 aromatic carbocycles. The van der Waals surface area contributed by atoms with Crippen LogP contribution in [-0.4, -0.2) is 274 Å². The molecule has 5 aliphatic carbocycles. The molecule has 33 atom stereocenters. The number of carbonyl (C=O) groups is 1. The molecule has 0 amide bonds. The molecule has 4 saturated carbocycles. The SMILES string of the molecule is C[C@@H]1O[C@@H](O[C@@H]2CO[C@@H](O[C@H]3CC[C@@]4(C)[C@@H](CC[C@]5(C)[C@@H]4CC=C4[C@@H]6CC(C)(C)CC[C@@]6(C(=O)O[C@@H]6O[C@H](CO)[C@@H](O[C@@H]7O[C@H](CO)[C@@H](O)[C@H](O)[C@H]7O)[C@H](O)[C@H]6O)CC[C@]45C)[C@]3(C)CO)[C@H](O)[C@H]2O)[C@H](O)[C@H](O[C@@H]2O[C@H](CO)[C@@H](O)[C@H](O)[C@H]2O)[C@H]1O. The molecule has 494 valence electrons. The van der Waals surface area contributed by atoms with Crippen LogP contribution in [0.25, 0.3) is 0 Å². The minimum Gasteiger partial charge on any atom is -0.432 e. The van der Waals surface area contributed by atoms with E-state index in [9.17, 15) is 81.7 Å². The van der Waals surface area contributed by atoms with Gasteiger partial charge >= 0.3 is 5.97 Å². The number of fused-ring (bicyclic) bond motifs is 7. The summed E-state index contributed by atoms with van der Waals surface area (Å²) in [7, 11) is 0. The van der Waals surface area contributed by atoms with Gasteiger partial charge in [-0.3, -0.25) is 4.79 Å². The van der Waals surface area contributed by atoms with Crippen LogP contribution in [0.4, 0.5) is 0 Å². The maximum absolute atomic E-state index is 15.1. The standard InChI is InChI=1S/C59H96O27/c1-24-34(64)47(85-50-43(73)39(69)36(66)28(20-61)80-50)45(75)52(78-24)82-30-22-77-48(41(71)37(30)67)83-33-11-12-55(4)31(56(33,5)23-63)10-13-58(7)32(55)9-8-25-26-18-54(2,3)14-16-59(26,17-15-57(25,58)6)53(76)86-51-44(74)40(70)46(29(21-62)81-51)84-49-42(72)38(68)35(65)27(19-60)79-49/h8,24,26-52,60-75H,9-23H2,1-7H3/t24-,26-,27+,28+,29+,30+,31+,32+,33-,34-,35+,36+,37-,38-,39-,40+,41+,42+,43+,44+,45+,46+,47+,48-,49-,50-,51-,52-,55-,56-,57+,58+,59+/m0/s1. The Bertz CT molecular complexity index is 2380. The number of hydrogen-bond donors (Lipinski definition) is 16. The van der Waals surface area contributed by atoms with Crippen LogP contribution >= 0.6 is 0 Å². The van der Waals surface area contributed by atoms with Crippen molar-refractivity contribution >= 4 is 5.97 Å². The molecule has 86 heavy (non-hydrogen) atoms. The Morgan fingerprint density at radius 1 is 0.535 bits per heavy atom. The van der Waals surface area contributed by atoms with Gasteiger partial charge < -0.3 is 129 Å². The Kier molecular flexibility index (Phi) is 19.4. The summed E-state index contributed by atoms with van der Waals surface area (Å²) in [6.45, 7) is 11.9. The lowest BCUT2D eigenvalue weighted by Gasteiger charge is -2.71. The summed E-state index contributed by atoms with van der Waals surface area (Å²) >= 11 is 0. The number of allylic oxidation sites excluding steroid dienone is 2. The Balaban J connectivity index is 0.808. The summed E-state index contributed by atoms with van der Waals surface area (Å²) in [6.07, 6.45) is -30.9. The normalized spacial score (nSPS) is 54.8. The fourth-order valence-electron chi connectivity index (χ4n) is 17.7. The topological polar surface area (TPSA) is 433 Å². The zero-order chi connectivity index (χ0) is 62.7. The minimum atomic E-state index is -1.90. The third-order valence-electron chi connectivity index (χ3n) is 23.3. The molecule has 0 unspecified atom stereocenters. The van der Waals surface area contributed by atoms with Crippen LogP contribution in [0.1, 0.15) is 113 Å². The second-order valence-corrected chi connectivity index (χ2v) is 28.5. The van der Waals surface area contributed by atoms with Gasteiger partial charge in [0, 0.05) is 5.41 Å². The van der Waals surface area contributed by atoms with Crippen LogP contribution in [0.3, 0.4) is 0 Å². The van der Waals surface area contributed by atoms with Crippen molar-refractivity contribution in [1.29, 1.82) is 0 Å². The highest BCUT2D eigenvalue weighted by Gasteiger charge is 2.71. The Hall–Kier alpha value is -1.79. The summed E-state index contributed by atoms with van der Waals surface area (Å²) in [4.78, 5) is 15.1. The first-order valence-corrected chi connectivity index (χ1v) is 30.8. The van der Waals surface area contributed by atoms with Gasteiger partial charge in [-0.15, -0.1) is 0 Å². The number of carbonyl (C=O) groups excluding carboxylic acids is 1. The maximum Gasteiger partial charge on any atom is 0.315 e. The number of aliphatic hydroxyl groups is 16. The molecule has 27 nitrogen and oxygen atoms in total. The third kappa shape index (κ3) is 11.1. The molecule has 9 fully saturated rings. The van der Waals surface area contributed by atoms with Crippen molar-refractivity contribution in [3.8, 4) is 0 Å². The van der Waals surface area contributed by atoms with Gasteiger partial charge in [0.15, 0.2) is 25.2 Å². The second-order valence-electron chi connectivity index (χ2n) is 28.5. The number of esters is 1. The largest absolute Gasteiger partial charge is 0.432 e. The van der Waals surface area contributed by atoms with Gasteiger partial charge in [0.2, 0.25) is 6.29 Å². The van der Waals surface area contributed by atoms with Crippen molar-refractivity contribution in [1.82, 2.24) is 0 Å². The summed E-state index contributed by atoms with van der Waals surface area (Å²) in [5.74, 6) is -0.838. The molecule has 10 aliphatic rings. The first kappa shape index (κ1) is 67.1. The second kappa shape index (κ2) is 24.9. The highest BCUT2D eigenvalue weighted by atomic mass is 16.8. The van der Waals surface area contributed by atoms with Crippen LogP contribution in [0.5, 0.6) is 0 Å². The average molecular weight is 1240 g/mol. The van der Waals surface area contributed by atoms with Crippen molar-refractivity contribution in [2.24, 2.45) is 50.2 Å². The van der Waals surface area contributed by atoms with E-state index < -0.39 is 196 Å². The van der Waals surface area contributed by atoms with E-state index in [1.165, 1.54) is 12.5 Å². The van der Waals surface area contributed by atoms with E-state index in [1.54, 1.807) is 0 Å². The summed E-state index contributed by atoms with van der Waals surface area (Å²) < 4.78 is 58.9. The summed E-state index contributed by atoms with van der Waals surface area (Å²) in [6, 6.07) is 0. The first-order chi connectivity index (χ1) is 40.4. The van der Waals surface area contributed by atoms with Crippen molar-refractivity contribution in [2.75, 3.05) is 33.0 Å². The van der Waals surface area contributed by atoms with E-state index in [0.29, 0.717) is 57.8 Å². The quantitative estimate of drug-likeness (QED) is 0.0454. The predicted molar refractivity (Wildman–Crippen MR) is 289 cm³/mol. The number of hydrogen-bond acceptors (Lipinski definition) is 27. The average Bonchev–Trinajstić information content (AvgIpc) is 0.692. The zero-order valence-electron chi connectivity index (χ0n) is 50.0. The number of rotatable bonds is 14.